The molecule has 2 aromatic carbocycles. The van der Waals surface area contributed by atoms with Crippen LogP contribution in [0.1, 0.15) is 0 Å². The van der Waals surface area contributed by atoms with Crippen LogP contribution in [0.15, 0.2) is 73.4 Å². The van der Waals surface area contributed by atoms with E-state index in [1.807, 2.05) is 42.3 Å². The van der Waals surface area contributed by atoms with Gasteiger partial charge < -0.3 is 30.4 Å². The normalized spacial score (nSPS) is 13.5. The first-order valence-corrected chi connectivity index (χ1v) is 12.2. The van der Waals surface area contributed by atoms with Crippen molar-refractivity contribution in [3.63, 3.8) is 0 Å². The van der Waals surface area contributed by atoms with Gasteiger partial charge in [0, 0.05) is 62.2 Å². The number of aliphatic carboxylic acids is 1. The summed E-state index contributed by atoms with van der Waals surface area (Å²) in [5.41, 5.74) is 3.74. The van der Waals surface area contributed by atoms with Gasteiger partial charge >= 0.3 is 12.1 Å². The molecular formula is C27H30F3N7O3. The molecule has 3 aromatic rings. The summed E-state index contributed by atoms with van der Waals surface area (Å²) in [6.45, 7) is 7.73. The fourth-order valence-corrected chi connectivity index (χ4v) is 3.66. The number of hydrogen-bond donors (Lipinski definition) is 3. The van der Waals surface area contributed by atoms with E-state index in [1.54, 1.807) is 6.20 Å². The van der Waals surface area contributed by atoms with E-state index in [9.17, 15) is 18.0 Å². The van der Waals surface area contributed by atoms with E-state index in [0.29, 0.717) is 11.6 Å². The Bertz CT molecular complexity index is 1310. The molecule has 10 nitrogen and oxygen atoms in total. The Kier molecular flexibility index (Phi) is 10.0. The molecule has 0 saturated carbocycles. The third-order valence-corrected chi connectivity index (χ3v) is 5.91. The van der Waals surface area contributed by atoms with E-state index in [2.05, 4.69) is 68.3 Å². The summed E-state index contributed by atoms with van der Waals surface area (Å²) in [7, 11) is 4.08. The molecular weight excluding hydrogens is 527 g/mol. The minimum Gasteiger partial charge on any atom is -0.475 e. The van der Waals surface area contributed by atoms with Gasteiger partial charge in [-0.3, -0.25) is 4.79 Å². The number of benzene rings is 2. The number of carboxylic acids is 1. The molecule has 40 heavy (non-hydrogen) atoms. The quantitative estimate of drug-likeness (QED) is 0.362. The summed E-state index contributed by atoms with van der Waals surface area (Å²) in [5, 5.41) is 13.2. The molecule has 2 heterocycles. The lowest BCUT2D eigenvalue weighted by Gasteiger charge is -2.34. The van der Waals surface area contributed by atoms with Crippen molar-refractivity contribution in [2.24, 2.45) is 0 Å². The molecule has 1 aliphatic heterocycles. The maximum absolute atomic E-state index is 11.6. The van der Waals surface area contributed by atoms with Crippen molar-refractivity contribution >= 4 is 46.4 Å². The van der Waals surface area contributed by atoms with Crippen LogP contribution in [-0.2, 0) is 9.59 Å². The number of alkyl halides is 3. The van der Waals surface area contributed by atoms with Gasteiger partial charge in [0.2, 0.25) is 11.9 Å². The van der Waals surface area contributed by atoms with Crippen LogP contribution in [0.3, 0.4) is 0 Å². The number of rotatable bonds is 7. The number of carbonyl (C=O) groups is 2. The lowest BCUT2D eigenvalue weighted by atomic mass is 10.2. The maximum Gasteiger partial charge on any atom is 0.490 e. The summed E-state index contributed by atoms with van der Waals surface area (Å²) in [6, 6.07) is 17.8. The average molecular weight is 558 g/mol. The molecule has 0 unspecified atom stereocenters. The second kappa shape index (κ2) is 13.4. The Morgan fingerprint density at radius 1 is 1.05 bits per heavy atom. The van der Waals surface area contributed by atoms with Gasteiger partial charge in [-0.05, 0) is 61.7 Å². The highest BCUT2D eigenvalue weighted by Gasteiger charge is 2.38. The number of hydrogen-bond acceptors (Lipinski definition) is 8. The second-order valence-corrected chi connectivity index (χ2v) is 8.81. The van der Waals surface area contributed by atoms with Gasteiger partial charge in [-0.15, -0.1) is 0 Å². The van der Waals surface area contributed by atoms with Crippen molar-refractivity contribution in [1.82, 2.24) is 14.9 Å². The van der Waals surface area contributed by atoms with E-state index < -0.39 is 12.1 Å². The van der Waals surface area contributed by atoms with Gasteiger partial charge in [-0.1, -0.05) is 12.6 Å². The van der Waals surface area contributed by atoms with Crippen LogP contribution in [0.2, 0.25) is 0 Å². The third-order valence-electron chi connectivity index (χ3n) is 5.91. The standard InChI is InChI=1S/C25H29N7O.C2HF3O2/c1-4-24(33)27-20-6-5-7-22(18-20)31(3)23-12-13-26-25(29-23)28-19-8-10-21(11-9-19)32-16-14-30(2)15-17-32;3-2(4,5)1(6)7/h4-13,18H,1,14-17H2,2-3H3,(H,27,33)(H,26,28,29);(H,6,7). The minimum atomic E-state index is -5.08. The maximum atomic E-state index is 11.6. The van der Waals surface area contributed by atoms with Crippen molar-refractivity contribution in [3.05, 3.63) is 73.4 Å². The lowest BCUT2D eigenvalue weighted by molar-refractivity contribution is -0.192. The van der Waals surface area contributed by atoms with Gasteiger partial charge in [0.25, 0.3) is 0 Å². The van der Waals surface area contributed by atoms with Gasteiger partial charge in [-0.25, -0.2) is 9.78 Å². The van der Waals surface area contributed by atoms with Crippen molar-refractivity contribution in [2.45, 2.75) is 6.18 Å². The molecule has 212 valence electrons. The average Bonchev–Trinajstić information content (AvgIpc) is 2.93. The number of carboxylic acid groups (broad SMARTS) is 1. The highest BCUT2D eigenvalue weighted by atomic mass is 19.4. The zero-order valence-corrected chi connectivity index (χ0v) is 22.0. The molecule has 1 amide bonds. The van der Waals surface area contributed by atoms with Crippen LogP contribution in [-0.4, -0.2) is 78.3 Å². The molecule has 1 aliphatic rings. The van der Waals surface area contributed by atoms with Gasteiger partial charge in [-0.2, -0.15) is 18.2 Å². The topological polar surface area (TPSA) is 114 Å². The number of halogens is 3. The SMILES string of the molecule is C=CC(=O)Nc1cccc(N(C)c2ccnc(Nc3ccc(N4CCN(C)CC4)cc3)n2)c1.O=C(O)C(F)(F)F. The largest absolute Gasteiger partial charge is 0.490 e. The minimum absolute atomic E-state index is 0.248. The number of nitrogens with one attached hydrogen (secondary N) is 2. The van der Waals surface area contributed by atoms with E-state index in [1.165, 1.54) is 11.8 Å². The number of aromatic nitrogens is 2. The number of carbonyl (C=O) groups excluding carboxylic acids is 1. The summed E-state index contributed by atoms with van der Waals surface area (Å²) < 4.78 is 31.7. The number of nitrogens with zero attached hydrogens (tertiary/aromatic N) is 5. The van der Waals surface area contributed by atoms with Crippen LogP contribution in [0.4, 0.5) is 47.7 Å². The summed E-state index contributed by atoms with van der Waals surface area (Å²) in [6.07, 6.45) is -2.11. The zero-order valence-electron chi connectivity index (χ0n) is 22.0. The molecule has 0 bridgehead atoms. The van der Waals surface area contributed by atoms with Crippen LogP contribution < -0.4 is 20.4 Å². The van der Waals surface area contributed by atoms with Crippen LogP contribution in [0.5, 0.6) is 0 Å². The second-order valence-electron chi connectivity index (χ2n) is 8.81. The number of piperazine rings is 1. The van der Waals surface area contributed by atoms with E-state index >= 15 is 0 Å². The van der Waals surface area contributed by atoms with E-state index in [4.69, 9.17) is 9.90 Å². The van der Waals surface area contributed by atoms with E-state index in [0.717, 1.165) is 43.4 Å². The van der Waals surface area contributed by atoms with Gasteiger partial charge in [0.05, 0.1) is 0 Å². The molecule has 13 heteroatoms. The van der Waals surface area contributed by atoms with Crippen molar-refractivity contribution in [3.8, 4) is 0 Å². The molecule has 1 aromatic heterocycles. The monoisotopic (exact) mass is 557 g/mol. The summed E-state index contributed by atoms with van der Waals surface area (Å²) in [4.78, 5) is 36.2. The number of anilines is 6. The van der Waals surface area contributed by atoms with Crippen LogP contribution in [0, 0.1) is 0 Å². The first-order chi connectivity index (χ1) is 19.0. The Morgan fingerprint density at radius 2 is 1.70 bits per heavy atom. The molecule has 1 saturated heterocycles. The van der Waals surface area contributed by atoms with Crippen molar-refractivity contribution in [2.75, 3.05) is 60.7 Å². The molecule has 0 aliphatic carbocycles. The molecule has 4 rings (SSSR count). The molecule has 0 spiro atoms. The molecule has 0 atom stereocenters. The first-order valence-electron chi connectivity index (χ1n) is 12.2. The number of likely N-dealkylation sites (N-methyl/N-ethyl adjacent to an activating group) is 1. The zero-order chi connectivity index (χ0) is 29.3. The Balaban J connectivity index is 0.000000559. The summed E-state index contributed by atoms with van der Waals surface area (Å²) >= 11 is 0. The Hall–Kier alpha value is -4.65. The summed E-state index contributed by atoms with van der Waals surface area (Å²) in [5.74, 6) is -1.76. The van der Waals surface area contributed by atoms with Gasteiger partial charge in [0.1, 0.15) is 5.82 Å². The molecule has 3 N–H and O–H groups in total. The third kappa shape index (κ3) is 8.70. The van der Waals surface area contributed by atoms with E-state index in [-0.39, 0.29) is 5.91 Å². The van der Waals surface area contributed by atoms with Crippen LogP contribution >= 0.6 is 0 Å². The molecule has 0 radical (unpaired) electrons. The smallest absolute Gasteiger partial charge is 0.475 e. The van der Waals surface area contributed by atoms with Gasteiger partial charge in [0.15, 0.2) is 0 Å². The van der Waals surface area contributed by atoms with Crippen molar-refractivity contribution < 1.29 is 27.9 Å². The van der Waals surface area contributed by atoms with Crippen LogP contribution in [0.25, 0.3) is 0 Å². The lowest BCUT2D eigenvalue weighted by Crippen LogP contribution is -2.44. The highest BCUT2D eigenvalue weighted by molar-refractivity contribution is 5.99. The fourth-order valence-electron chi connectivity index (χ4n) is 3.66. The Labute approximate surface area is 229 Å². The predicted molar refractivity (Wildman–Crippen MR) is 148 cm³/mol. The number of amides is 1. The first kappa shape index (κ1) is 29.9. The highest BCUT2D eigenvalue weighted by Crippen LogP contribution is 2.26. The molecule has 1 fully saturated rings. The predicted octanol–water partition coefficient (Wildman–Crippen LogP) is 4.50. The van der Waals surface area contributed by atoms with Crippen molar-refractivity contribution in [1.29, 1.82) is 0 Å². The Morgan fingerprint density at radius 3 is 2.30 bits per heavy atom. The fraction of sp³-hybridized carbons (Fsp3) is 0.259.